The Labute approximate surface area is 105 Å². The van der Waals surface area contributed by atoms with Crippen molar-refractivity contribution in [2.75, 3.05) is 18.2 Å². The molecule has 2 amide bonds. The Morgan fingerprint density at radius 1 is 1.50 bits per heavy atom. The second kappa shape index (κ2) is 6.32. The third-order valence-corrected chi connectivity index (χ3v) is 3.57. The fraction of sp³-hybridized carbons (Fsp3) is 0.778. The van der Waals surface area contributed by atoms with Crippen molar-refractivity contribution in [2.45, 2.75) is 24.9 Å². The van der Waals surface area contributed by atoms with Gasteiger partial charge in [-0.25, -0.2) is 0 Å². The zero-order valence-corrected chi connectivity index (χ0v) is 10.5. The van der Waals surface area contributed by atoms with Crippen molar-refractivity contribution < 1.29 is 9.59 Å². The number of piperidine rings is 1. The minimum atomic E-state index is -0.335. The first kappa shape index (κ1) is 13.6. The summed E-state index contributed by atoms with van der Waals surface area (Å²) in [6.07, 6.45) is 1.68. The fourth-order valence-corrected chi connectivity index (χ4v) is 2.69. The first-order valence-corrected chi connectivity index (χ1v) is 6.32. The molecule has 0 spiro atoms. The largest absolute Gasteiger partial charge is 0.354 e. The molecule has 2 fully saturated rings. The van der Waals surface area contributed by atoms with E-state index < -0.39 is 0 Å². The summed E-state index contributed by atoms with van der Waals surface area (Å²) in [6.45, 7) is 0.725. The van der Waals surface area contributed by atoms with Gasteiger partial charge in [0.05, 0.1) is 6.04 Å². The standard InChI is InChI=1S/C9H15N3O2S.ClH/c13-8-6(2-1-3-10-8)12-9(14)7-4-15-5-11-7;/h6-7,11H,1-5H2,(H,10,13)(H,12,14);1H/t6?,7-;/m1./s1. The number of amides is 2. The summed E-state index contributed by atoms with van der Waals surface area (Å²) in [6, 6.07) is -0.469. The van der Waals surface area contributed by atoms with E-state index in [1.807, 2.05) is 0 Å². The smallest absolute Gasteiger partial charge is 0.242 e. The maximum Gasteiger partial charge on any atom is 0.242 e. The van der Waals surface area contributed by atoms with Crippen LogP contribution >= 0.6 is 24.2 Å². The number of thioether (sulfide) groups is 1. The van der Waals surface area contributed by atoms with Crippen molar-refractivity contribution in [1.82, 2.24) is 16.0 Å². The van der Waals surface area contributed by atoms with Gasteiger partial charge in [-0.1, -0.05) is 0 Å². The van der Waals surface area contributed by atoms with Gasteiger partial charge in [0.15, 0.2) is 0 Å². The van der Waals surface area contributed by atoms with Crippen molar-refractivity contribution in [3.63, 3.8) is 0 Å². The Kier molecular flexibility index (Phi) is 5.37. The minimum absolute atomic E-state index is 0. The van der Waals surface area contributed by atoms with E-state index in [2.05, 4.69) is 16.0 Å². The summed E-state index contributed by atoms with van der Waals surface area (Å²) in [4.78, 5) is 23.1. The van der Waals surface area contributed by atoms with E-state index in [-0.39, 0.29) is 36.3 Å². The summed E-state index contributed by atoms with van der Waals surface area (Å²) in [5.41, 5.74) is 0. The van der Waals surface area contributed by atoms with E-state index in [1.54, 1.807) is 11.8 Å². The summed E-state index contributed by atoms with van der Waals surface area (Å²) in [5, 5.41) is 8.61. The van der Waals surface area contributed by atoms with Crippen LogP contribution in [0.5, 0.6) is 0 Å². The van der Waals surface area contributed by atoms with Crippen LogP contribution in [0.1, 0.15) is 12.8 Å². The topological polar surface area (TPSA) is 70.2 Å². The maximum atomic E-state index is 11.7. The summed E-state index contributed by atoms with van der Waals surface area (Å²) >= 11 is 1.70. The van der Waals surface area contributed by atoms with Crippen LogP contribution < -0.4 is 16.0 Å². The van der Waals surface area contributed by atoms with Crippen molar-refractivity contribution >= 4 is 36.0 Å². The molecule has 2 aliphatic heterocycles. The molecule has 0 radical (unpaired) electrons. The van der Waals surface area contributed by atoms with Crippen LogP contribution in [0.3, 0.4) is 0 Å². The van der Waals surface area contributed by atoms with Gasteiger partial charge in [0.25, 0.3) is 0 Å². The summed E-state index contributed by atoms with van der Waals surface area (Å²) in [5.74, 6) is 1.50. The molecule has 0 aromatic carbocycles. The van der Waals surface area contributed by atoms with E-state index in [9.17, 15) is 9.59 Å². The predicted molar refractivity (Wildman–Crippen MR) is 65.7 cm³/mol. The monoisotopic (exact) mass is 265 g/mol. The average molecular weight is 266 g/mol. The molecule has 0 aromatic heterocycles. The van der Waals surface area contributed by atoms with Crippen LogP contribution in [-0.2, 0) is 9.59 Å². The highest BCUT2D eigenvalue weighted by atomic mass is 35.5. The highest BCUT2D eigenvalue weighted by Gasteiger charge is 2.28. The average Bonchev–Trinajstić information content (AvgIpc) is 2.74. The molecule has 0 aromatic rings. The Morgan fingerprint density at radius 2 is 2.31 bits per heavy atom. The minimum Gasteiger partial charge on any atom is -0.354 e. The molecule has 2 heterocycles. The Morgan fingerprint density at radius 3 is 2.94 bits per heavy atom. The molecule has 0 bridgehead atoms. The lowest BCUT2D eigenvalue weighted by Gasteiger charge is -2.23. The first-order chi connectivity index (χ1) is 7.27. The number of hydrogen-bond acceptors (Lipinski definition) is 4. The van der Waals surface area contributed by atoms with Gasteiger partial charge in [-0.2, -0.15) is 0 Å². The quantitative estimate of drug-likeness (QED) is 0.628. The SMILES string of the molecule is Cl.O=C1NCCCC1NC(=O)[C@H]1CSCN1. The molecule has 16 heavy (non-hydrogen) atoms. The van der Waals surface area contributed by atoms with Gasteiger partial charge in [0.2, 0.25) is 11.8 Å². The molecule has 2 rings (SSSR count). The maximum absolute atomic E-state index is 11.7. The molecular weight excluding hydrogens is 250 g/mol. The predicted octanol–water partition coefficient (Wildman–Crippen LogP) is -0.534. The van der Waals surface area contributed by atoms with Gasteiger partial charge in [-0.05, 0) is 12.8 Å². The third kappa shape index (κ3) is 3.26. The lowest BCUT2D eigenvalue weighted by atomic mass is 10.1. The highest BCUT2D eigenvalue weighted by molar-refractivity contribution is 7.99. The van der Waals surface area contributed by atoms with Crippen LogP contribution in [0.15, 0.2) is 0 Å². The number of hydrogen-bond donors (Lipinski definition) is 3. The van der Waals surface area contributed by atoms with Crippen molar-refractivity contribution in [3.8, 4) is 0 Å². The molecule has 5 nitrogen and oxygen atoms in total. The molecule has 0 aliphatic carbocycles. The second-order valence-electron chi connectivity index (χ2n) is 3.77. The van der Waals surface area contributed by atoms with Crippen LogP contribution in [0.25, 0.3) is 0 Å². The van der Waals surface area contributed by atoms with Crippen molar-refractivity contribution in [1.29, 1.82) is 0 Å². The Balaban J connectivity index is 0.00000128. The lowest BCUT2D eigenvalue weighted by molar-refractivity contribution is -0.130. The van der Waals surface area contributed by atoms with E-state index in [4.69, 9.17) is 0 Å². The first-order valence-electron chi connectivity index (χ1n) is 5.16. The van der Waals surface area contributed by atoms with Gasteiger partial charge in [0.1, 0.15) is 6.04 Å². The normalized spacial score (nSPS) is 29.1. The summed E-state index contributed by atoms with van der Waals surface area (Å²) in [7, 11) is 0. The van der Waals surface area contributed by atoms with E-state index in [0.29, 0.717) is 0 Å². The molecule has 0 saturated carbocycles. The van der Waals surface area contributed by atoms with E-state index >= 15 is 0 Å². The molecule has 7 heteroatoms. The number of carbonyl (C=O) groups excluding carboxylic acids is 2. The lowest BCUT2D eigenvalue weighted by Crippen LogP contribution is -2.54. The molecule has 92 valence electrons. The third-order valence-electron chi connectivity index (χ3n) is 2.63. The van der Waals surface area contributed by atoms with Crippen LogP contribution in [0.2, 0.25) is 0 Å². The molecule has 2 saturated heterocycles. The zero-order valence-electron chi connectivity index (χ0n) is 8.82. The highest BCUT2D eigenvalue weighted by Crippen LogP contribution is 2.10. The molecule has 1 unspecified atom stereocenters. The molecule has 2 atom stereocenters. The van der Waals surface area contributed by atoms with Crippen molar-refractivity contribution in [2.24, 2.45) is 0 Å². The van der Waals surface area contributed by atoms with Gasteiger partial charge in [-0.15, -0.1) is 24.2 Å². The Bertz CT molecular complexity index is 271. The van der Waals surface area contributed by atoms with Gasteiger partial charge >= 0.3 is 0 Å². The molecule has 2 aliphatic rings. The number of carbonyl (C=O) groups is 2. The number of halogens is 1. The van der Waals surface area contributed by atoms with Gasteiger partial charge in [0, 0.05) is 18.2 Å². The Hall–Kier alpha value is -0.460. The zero-order chi connectivity index (χ0) is 10.7. The molecular formula is C9H16ClN3O2S. The number of nitrogens with one attached hydrogen (secondary N) is 3. The van der Waals surface area contributed by atoms with E-state index in [0.717, 1.165) is 31.0 Å². The van der Waals surface area contributed by atoms with E-state index in [1.165, 1.54) is 0 Å². The van der Waals surface area contributed by atoms with Crippen LogP contribution in [-0.4, -0.2) is 42.1 Å². The second-order valence-corrected chi connectivity index (χ2v) is 4.80. The van der Waals surface area contributed by atoms with Crippen LogP contribution in [0.4, 0.5) is 0 Å². The molecule has 3 N–H and O–H groups in total. The van der Waals surface area contributed by atoms with Crippen LogP contribution in [0, 0.1) is 0 Å². The van der Waals surface area contributed by atoms with Gasteiger partial charge in [-0.3, -0.25) is 14.9 Å². The van der Waals surface area contributed by atoms with Gasteiger partial charge < -0.3 is 10.6 Å². The number of rotatable bonds is 2. The fourth-order valence-electron chi connectivity index (χ4n) is 1.75. The van der Waals surface area contributed by atoms with Crippen molar-refractivity contribution in [3.05, 3.63) is 0 Å². The summed E-state index contributed by atoms with van der Waals surface area (Å²) < 4.78 is 0.